The minimum absolute atomic E-state index is 0.300. The van der Waals surface area contributed by atoms with Crippen LogP contribution in [0.3, 0.4) is 0 Å². The number of rotatable bonds is 4. The molecule has 6 heteroatoms. The molecule has 1 heterocycles. The van der Waals surface area contributed by atoms with Crippen molar-refractivity contribution in [3.05, 3.63) is 29.3 Å². The maximum atomic E-state index is 13.1. The lowest BCUT2D eigenvalue weighted by atomic mass is 10.0. The lowest BCUT2D eigenvalue weighted by molar-refractivity contribution is -0.145. The number of aryl methyl sites for hydroxylation is 1. The van der Waals surface area contributed by atoms with E-state index in [1.54, 1.807) is 26.1 Å². The van der Waals surface area contributed by atoms with E-state index in [0.717, 1.165) is 12.0 Å². The Kier molecular flexibility index (Phi) is 7.18. The van der Waals surface area contributed by atoms with E-state index in [-0.39, 0.29) is 5.91 Å². The molecule has 2 amide bonds. The summed E-state index contributed by atoms with van der Waals surface area (Å²) in [5.74, 6) is -2.19. The molecule has 1 aromatic rings. The van der Waals surface area contributed by atoms with Gasteiger partial charge in [-0.3, -0.25) is 14.4 Å². The first-order valence-electron chi connectivity index (χ1n) is 9.55. The van der Waals surface area contributed by atoms with E-state index in [0.29, 0.717) is 11.3 Å². The van der Waals surface area contributed by atoms with Gasteiger partial charge in [0.25, 0.3) is 5.91 Å². The summed E-state index contributed by atoms with van der Waals surface area (Å²) in [6, 6.07) is 4.53. The standard InChI is InChI=1S/C18H24N2O4.C2H6/c1-6-13-7-8-15-14(9-13)17(22)20(10-11(2)18(23)24-5)12(3)16(21)19(15)4;1-2/h7-9,11-12H,6,10H2,1-5H3;1-2H3/i10D;. The zero-order valence-electron chi connectivity index (χ0n) is 17.7. The third kappa shape index (κ3) is 4.23. The Bertz CT molecular complexity index is 707. The molecule has 0 N–H and O–H groups in total. The fraction of sp³-hybridized carbons (Fsp3) is 0.550. The molecular formula is C20H30N2O4. The molecule has 3 atom stereocenters. The van der Waals surface area contributed by atoms with Gasteiger partial charge >= 0.3 is 5.97 Å². The highest BCUT2D eigenvalue weighted by Crippen LogP contribution is 2.28. The number of esters is 1. The van der Waals surface area contributed by atoms with Crippen LogP contribution >= 0.6 is 0 Å². The number of carbonyl (C=O) groups is 3. The maximum Gasteiger partial charge on any atom is 0.310 e. The Morgan fingerprint density at radius 3 is 2.50 bits per heavy atom. The number of fused-ring (bicyclic) bond motifs is 1. The highest BCUT2D eigenvalue weighted by molar-refractivity contribution is 6.10. The molecule has 2 rings (SSSR count). The zero-order valence-corrected chi connectivity index (χ0v) is 16.7. The zero-order chi connectivity index (χ0) is 20.9. The van der Waals surface area contributed by atoms with Gasteiger partial charge in [0.05, 0.1) is 25.6 Å². The lowest BCUT2D eigenvalue weighted by Gasteiger charge is -2.28. The molecule has 3 unspecified atom stereocenters. The van der Waals surface area contributed by atoms with Gasteiger partial charge in [-0.15, -0.1) is 0 Å². The summed E-state index contributed by atoms with van der Waals surface area (Å²) in [6.07, 6.45) is 0.747. The number of ether oxygens (including phenoxy) is 1. The van der Waals surface area contributed by atoms with Gasteiger partial charge < -0.3 is 14.5 Å². The van der Waals surface area contributed by atoms with Crippen molar-refractivity contribution in [2.75, 3.05) is 25.6 Å². The normalized spacial score (nSPS) is 19.5. The molecular weight excluding hydrogens is 332 g/mol. The molecule has 0 radical (unpaired) electrons. The molecule has 0 aromatic heterocycles. The van der Waals surface area contributed by atoms with E-state index in [4.69, 9.17) is 1.37 Å². The second-order valence-corrected chi connectivity index (χ2v) is 5.95. The summed E-state index contributed by atoms with van der Waals surface area (Å²) < 4.78 is 13.1. The Morgan fingerprint density at radius 1 is 1.35 bits per heavy atom. The van der Waals surface area contributed by atoms with Crippen LogP contribution in [0.4, 0.5) is 5.69 Å². The fourth-order valence-corrected chi connectivity index (χ4v) is 2.78. The maximum absolute atomic E-state index is 13.1. The number of anilines is 1. The van der Waals surface area contributed by atoms with E-state index >= 15 is 0 Å². The molecule has 0 bridgehead atoms. The van der Waals surface area contributed by atoms with Gasteiger partial charge in [-0.05, 0) is 31.0 Å². The van der Waals surface area contributed by atoms with Gasteiger partial charge in [0.1, 0.15) is 6.04 Å². The van der Waals surface area contributed by atoms with Crippen molar-refractivity contribution in [1.29, 1.82) is 0 Å². The number of methoxy groups -OCH3 is 1. The summed E-state index contributed by atoms with van der Waals surface area (Å²) in [7, 11) is 2.85. The number of nitrogens with zero attached hydrogens (tertiary/aromatic N) is 2. The molecule has 144 valence electrons. The van der Waals surface area contributed by atoms with E-state index in [9.17, 15) is 14.4 Å². The number of hydrogen-bond acceptors (Lipinski definition) is 4. The SMILES string of the molecule is CC.[2H]C(C(C)C(=O)OC)N1C(=O)c2cc(CC)ccc2N(C)C(=O)C1C. The number of amides is 2. The van der Waals surface area contributed by atoms with Crippen molar-refractivity contribution in [2.24, 2.45) is 5.92 Å². The van der Waals surface area contributed by atoms with Crippen molar-refractivity contribution < 1.29 is 20.5 Å². The molecule has 0 saturated heterocycles. The molecule has 6 nitrogen and oxygen atoms in total. The van der Waals surface area contributed by atoms with E-state index in [2.05, 4.69) is 4.74 Å². The van der Waals surface area contributed by atoms with Crippen LogP contribution in [0.2, 0.25) is 0 Å². The number of carbonyl (C=O) groups excluding carboxylic acids is 3. The van der Waals surface area contributed by atoms with E-state index in [1.807, 2.05) is 26.8 Å². The predicted molar refractivity (Wildman–Crippen MR) is 102 cm³/mol. The first kappa shape index (κ1) is 19.9. The van der Waals surface area contributed by atoms with E-state index in [1.165, 1.54) is 23.8 Å². The minimum atomic E-state index is -1.22. The smallest absolute Gasteiger partial charge is 0.310 e. The van der Waals surface area contributed by atoms with Crippen LogP contribution in [0, 0.1) is 5.92 Å². The van der Waals surface area contributed by atoms with Crippen LogP contribution in [0.25, 0.3) is 0 Å². The average Bonchev–Trinajstić information content (AvgIpc) is 2.77. The summed E-state index contributed by atoms with van der Waals surface area (Å²) in [5, 5.41) is 0. The van der Waals surface area contributed by atoms with Gasteiger partial charge in [-0.1, -0.05) is 33.8 Å². The van der Waals surface area contributed by atoms with Crippen molar-refractivity contribution >= 4 is 23.5 Å². The van der Waals surface area contributed by atoms with Crippen molar-refractivity contribution in [1.82, 2.24) is 4.90 Å². The highest BCUT2D eigenvalue weighted by Gasteiger charge is 2.37. The molecule has 1 aliphatic rings. The van der Waals surface area contributed by atoms with Gasteiger partial charge in [0.15, 0.2) is 0 Å². The van der Waals surface area contributed by atoms with Crippen molar-refractivity contribution in [2.45, 2.75) is 47.1 Å². The summed E-state index contributed by atoms with van der Waals surface area (Å²) in [6.45, 7) is 7.86. The van der Waals surface area contributed by atoms with Gasteiger partial charge in [-0.25, -0.2) is 0 Å². The van der Waals surface area contributed by atoms with E-state index < -0.39 is 30.4 Å². The first-order chi connectivity index (χ1) is 12.7. The van der Waals surface area contributed by atoms with Crippen molar-refractivity contribution in [3.63, 3.8) is 0 Å². The van der Waals surface area contributed by atoms with Crippen LogP contribution < -0.4 is 4.90 Å². The molecule has 26 heavy (non-hydrogen) atoms. The van der Waals surface area contributed by atoms with Crippen LogP contribution in [0.5, 0.6) is 0 Å². The molecule has 0 aliphatic carbocycles. The molecule has 0 saturated carbocycles. The van der Waals surface area contributed by atoms with Gasteiger partial charge in [-0.2, -0.15) is 0 Å². The van der Waals surface area contributed by atoms with Crippen LogP contribution in [0.1, 0.15) is 51.9 Å². The van der Waals surface area contributed by atoms with Crippen LogP contribution in [-0.2, 0) is 20.7 Å². The minimum Gasteiger partial charge on any atom is -0.469 e. The lowest BCUT2D eigenvalue weighted by Crippen LogP contribution is -2.48. The predicted octanol–water partition coefficient (Wildman–Crippen LogP) is 2.89. The largest absolute Gasteiger partial charge is 0.469 e. The molecule has 1 aromatic carbocycles. The second-order valence-electron chi connectivity index (χ2n) is 5.95. The van der Waals surface area contributed by atoms with Crippen molar-refractivity contribution in [3.8, 4) is 0 Å². The van der Waals surface area contributed by atoms with Gasteiger partial charge in [0.2, 0.25) is 5.91 Å². The number of likely N-dealkylation sites (N-methyl/N-ethyl adjacent to an activating group) is 1. The second kappa shape index (κ2) is 9.36. The first-order valence-corrected chi connectivity index (χ1v) is 8.97. The Labute approximate surface area is 157 Å². The molecule has 1 aliphatic heterocycles. The third-order valence-corrected chi connectivity index (χ3v) is 4.36. The van der Waals surface area contributed by atoms with Crippen LogP contribution in [0.15, 0.2) is 18.2 Å². The summed E-state index contributed by atoms with van der Waals surface area (Å²) in [4.78, 5) is 40.3. The highest BCUT2D eigenvalue weighted by atomic mass is 16.5. The number of hydrogen-bond donors (Lipinski definition) is 0. The topological polar surface area (TPSA) is 66.9 Å². The summed E-state index contributed by atoms with van der Waals surface area (Å²) >= 11 is 0. The Hall–Kier alpha value is -2.37. The quantitative estimate of drug-likeness (QED) is 0.772. The van der Waals surface area contributed by atoms with Crippen LogP contribution in [-0.4, -0.2) is 49.4 Å². The van der Waals surface area contributed by atoms with Gasteiger partial charge in [0, 0.05) is 13.6 Å². The fourth-order valence-electron chi connectivity index (χ4n) is 2.78. The Morgan fingerprint density at radius 2 is 1.96 bits per heavy atom. The monoisotopic (exact) mass is 363 g/mol. The Balaban J connectivity index is 0.00000176. The third-order valence-electron chi connectivity index (χ3n) is 4.36. The summed E-state index contributed by atoms with van der Waals surface area (Å²) in [5.41, 5.74) is 1.85. The number of benzene rings is 1. The molecule has 0 fully saturated rings. The average molecular weight is 363 g/mol. The molecule has 0 spiro atoms.